The summed E-state index contributed by atoms with van der Waals surface area (Å²) in [5.41, 5.74) is 7.93. The van der Waals surface area contributed by atoms with Crippen LogP contribution in [0.15, 0.2) is 64.2 Å². The van der Waals surface area contributed by atoms with Crippen LogP contribution < -0.4 is 11.1 Å². The largest absolute Gasteiger partial charge is 0.409 e. The highest BCUT2D eigenvalue weighted by Gasteiger charge is 2.13. The van der Waals surface area contributed by atoms with Gasteiger partial charge >= 0.3 is 0 Å². The molecule has 0 aliphatic heterocycles. The Bertz CT molecular complexity index is 601. The van der Waals surface area contributed by atoms with Gasteiger partial charge in [0.25, 0.3) is 0 Å². The predicted octanol–water partition coefficient (Wildman–Crippen LogP) is 3.42. The summed E-state index contributed by atoms with van der Waals surface area (Å²) in [6.45, 7) is 0.694. The van der Waals surface area contributed by atoms with Crippen molar-refractivity contribution in [2.75, 3.05) is 0 Å². The summed E-state index contributed by atoms with van der Waals surface area (Å²) in [6.07, 6.45) is 0.449. The SMILES string of the molecule is NC(CC(NCc1ccccc1Br)c1ccccc1)=NO. The van der Waals surface area contributed by atoms with Crippen LogP contribution in [0.4, 0.5) is 0 Å². The average Bonchev–Trinajstić information content (AvgIpc) is 2.53. The lowest BCUT2D eigenvalue weighted by Gasteiger charge is -2.19. The summed E-state index contributed by atoms with van der Waals surface area (Å²) in [6, 6.07) is 18.0. The van der Waals surface area contributed by atoms with E-state index < -0.39 is 0 Å². The summed E-state index contributed by atoms with van der Waals surface area (Å²) in [7, 11) is 0. The molecular formula is C16H18BrN3O. The molecule has 0 fully saturated rings. The van der Waals surface area contributed by atoms with Crippen molar-refractivity contribution in [2.45, 2.75) is 19.0 Å². The summed E-state index contributed by atoms with van der Waals surface area (Å²) >= 11 is 3.54. The summed E-state index contributed by atoms with van der Waals surface area (Å²) < 4.78 is 1.06. The number of nitrogens with two attached hydrogens (primary N) is 1. The number of benzene rings is 2. The van der Waals surface area contributed by atoms with Gasteiger partial charge in [0.15, 0.2) is 0 Å². The number of halogens is 1. The molecule has 1 atom stereocenters. The maximum atomic E-state index is 8.79. The fourth-order valence-electron chi connectivity index (χ4n) is 2.12. The van der Waals surface area contributed by atoms with Gasteiger partial charge < -0.3 is 16.3 Å². The van der Waals surface area contributed by atoms with Gasteiger partial charge in [-0.1, -0.05) is 69.6 Å². The lowest BCUT2D eigenvalue weighted by atomic mass is 10.0. The predicted molar refractivity (Wildman–Crippen MR) is 88.2 cm³/mol. The number of rotatable bonds is 6. The molecule has 0 aliphatic carbocycles. The molecule has 0 aromatic heterocycles. The van der Waals surface area contributed by atoms with Gasteiger partial charge in [-0.05, 0) is 17.2 Å². The highest BCUT2D eigenvalue weighted by atomic mass is 79.9. The highest BCUT2D eigenvalue weighted by molar-refractivity contribution is 9.10. The Balaban J connectivity index is 2.11. The molecule has 21 heavy (non-hydrogen) atoms. The number of nitrogens with one attached hydrogen (secondary N) is 1. The Morgan fingerprint density at radius 3 is 2.48 bits per heavy atom. The van der Waals surface area contributed by atoms with Gasteiger partial charge in [0, 0.05) is 23.5 Å². The molecule has 110 valence electrons. The fraction of sp³-hybridized carbons (Fsp3) is 0.188. The standard InChI is InChI=1S/C16H18BrN3O/c17-14-9-5-4-8-13(14)11-19-15(10-16(18)20-21)12-6-2-1-3-7-12/h1-9,15,19,21H,10-11H2,(H2,18,20). The first-order valence-electron chi connectivity index (χ1n) is 6.69. The quantitative estimate of drug-likeness (QED) is 0.324. The topological polar surface area (TPSA) is 70.6 Å². The number of oxime groups is 1. The molecule has 0 heterocycles. The second-order valence-electron chi connectivity index (χ2n) is 4.73. The third-order valence-electron chi connectivity index (χ3n) is 3.24. The van der Waals surface area contributed by atoms with Crippen molar-refractivity contribution in [3.8, 4) is 0 Å². The van der Waals surface area contributed by atoms with Gasteiger partial charge in [-0.2, -0.15) is 0 Å². The van der Waals surface area contributed by atoms with Crippen LogP contribution in [0.3, 0.4) is 0 Å². The lowest BCUT2D eigenvalue weighted by Crippen LogP contribution is -2.26. The van der Waals surface area contributed by atoms with E-state index in [-0.39, 0.29) is 11.9 Å². The van der Waals surface area contributed by atoms with E-state index in [0.717, 1.165) is 15.6 Å². The normalized spacial score (nSPS) is 13.1. The minimum Gasteiger partial charge on any atom is -0.409 e. The molecule has 4 N–H and O–H groups in total. The van der Waals surface area contributed by atoms with E-state index in [4.69, 9.17) is 10.9 Å². The van der Waals surface area contributed by atoms with Crippen molar-refractivity contribution in [1.82, 2.24) is 5.32 Å². The van der Waals surface area contributed by atoms with Crippen LogP contribution in [-0.4, -0.2) is 11.0 Å². The third kappa shape index (κ3) is 4.58. The van der Waals surface area contributed by atoms with Crippen LogP contribution in [0.5, 0.6) is 0 Å². The molecule has 2 aromatic carbocycles. The Hall–Kier alpha value is -1.85. The van der Waals surface area contributed by atoms with Crippen LogP contribution in [0.25, 0.3) is 0 Å². The van der Waals surface area contributed by atoms with Crippen LogP contribution in [-0.2, 0) is 6.54 Å². The van der Waals surface area contributed by atoms with Gasteiger partial charge in [-0.3, -0.25) is 0 Å². The third-order valence-corrected chi connectivity index (χ3v) is 4.01. The molecule has 2 rings (SSSR count). The first-order chi connectivity index (χ1) is 10.2. The van der Waals surface area contributed by atoms with Gasteiger partial charge in [0.1, 0.15) is 5.84 Å². The van der Waals surface area contributed by atoms with E-state index >= 15 is 0 Å². The molecule has 0 amide bonds. The van der Waals surface area contributed by atoms with Crippen LogP contribution in [0.2, 0.25) is 0 Å². The minimum absolute atomic E-state index is 0.00536. The van der Waals surface area contributed by atoms with Crippen molar-refractivity contribution in [3.05, 3.63) is 70.2 Å². The minimum atomic E-state index is -0.00536. The van der Waals surface area contributed by atoms with E-state index in [1.54, 1.807) is 0 Å². The van der Waals surface area contributed by atoms with Crippen LogP contribution in [0, 0.1) is 0 Å². The molecule has 4 nitrogen and oxygen atoms in total. The number of nitrogens with zero attached hydrogens (tertiary/aromatic N) is 1. The maximum Gasteiger partial charge on any atom is 0.141 e. The van der Waals surface area contributed by atoms with Crippen molar-refractivity contribution in [3.63, 3.8) is 0 Å². The molecule has 1 unspecified atom stereocenters. The van der Waals surface area contributed by atoms with Crippen molar-refractivity contribution >= 4 is 21.8 Å². The first kappa shape index (κ1) is 15.5. The molecule has 0 spiro atoms. The van der Waals surface area contributed by atoms with Crippen molar-refractivity contribution in [1.29, 1.82) is 0 Å². The molecule has 5 heteroatoms. The van der Waals surface area contributed by atoms with E-state index in [2.05, 4.69) is 32.5 Å². The summed E-state index contributed by atoms with van der Waals surface area (Å²) in [5, 5.41) is 15.3. The number of hydrogen-bond acceptors (Lipinski definition) is 3. The van der Waals surface area contributed by atoms with Gasteiger partial charge in [0.05, 0.1) is 0 Å². The zero-order valence-corrected chi connectivity index (χ0v) is 13.1. The Kier molecular flexibility index (Phi) is 5.78. The monoisotopic (exact) mass is 347 g/mol. The zero-order valence-electron chi connectivity index (χ0n) is 11.5. The molecule has 2 aromatic rings. The molecule has 0 bridgehead atoms. The molecule has 0 radical (unpaired) electrons. The smallest absolute Gasteiger partial charge is 0.141 e. The fourth-order valence-corrected chi connectivity index (χ4v) is 2.54. The number of hydrogen-bond donors (Lipinski definition) is 3. The van der Waals surface area contributed by atoms with E-state index in [1.165, 1.54) is 0 Å². The van der Waals surface area contributed by atoms with Crippen molar-refractivity contribution < 1.29 is 5.21 Å². The van der Waals surface area contributed by atoms with Gasteiger partial charge in [-0.25, -0.2) is 0 Å². The Morgan fingerprint density at radius 2 is 1.81 bits per heavy atom. The summed E-state index contributed by atoms with van der Waals surface area (Å²) in [4.78, 5) is 0. The highest BCUT2D eigenvalue weighted by Crippen LogP contribution is 2.20. The zero-order chi connectivity index (χ0) is 15.1. The van der Waals surface area contributed by atoms with Gasteiger partial charge in [0.2, 0.25) is 0 Å². The Labute approximate surface area is 132 Å². The lowest BCUT2D eigenvalue weighted by molar-refractivity contribution is 0.315. The van der Waals surface area contributed by atoms with Crippen LogP contribution in [0.1, 0.15) is 23.6 Å². The second kappa shape index (κ2) is 7.81. The molecule has 0 aliphatic rings. The van der Waals surface area contributed by atoms with E-state index in [1.807, 2.05) is 48.5 Å². The van der Waals surface area contributed by atoms with Crippen LogP contribution >= 0.6 is 15.9 Å². The summed E-state index contributed by atoms with van der Waals surface area (Å²) in [5.74, 6) is 0.212. The molecule has 0 saturated carbocycles. The number of amidine groups is 1. The van der Waals surface area contributed by atoms with E-state index in [9.17, 15) is 0 Å². The van der Waals surface area contributed by atoms with Gasteiger partial charge in [-0.15, -0.1) is 0 Å². The Morgan fingerprint density at radius 1 is 1.14 bits per heavy atom. The molecule has 0 saturated heterocycles. The maximum absolute atomic E-state index is 8.79. The van der Waals surface area contributed by atoms with E-state index in [0.29, 0.717) is 13.0 Å². The molecular weight excluding hydrogens is 330 g/mol. The average molecular weight is 348 g/mol. The van der Waals surface area contributed by atoms with Crippen molar-refractivity contribution in [2.24, 2.45) is 10.9 Å². The second-order valence-corrected chi connectivity index (χ2v) is 5.59. The first-order valence-corrected chi connectivity index (χ1v) is 7.48.